The zero-order valence-electron chi connectivity index (χ0n) is 9.90. The van der Waals surface area contributed by atoms with Crippen LogP contribution in [0.4, 0.5) is 0 Å². The number of nitrogens with two attached hydrogens (primary N) is 1. The third-order valence-electron chi connectivity index (χ3n) is 2.86. The van der Waals surface area contributed by atoms with Gasteiger partial charge in [-0.05, 0) is 25.8 Å². The Morgan fingerprint density at radius 1 is 1.20 bits per heavy atom. The summed E-state index contributed by atoms with van der Waals surface area (Å²) in [5.74, 6) is 0. The molecule has 1 aromatic rings. The van der Waals surface area contributed by atoms with Crippen LogP contribution in [0.15, 0.2) is 30.3 Å². The molecule has 0 radical (unpaired) electrons. The van der Waals surface area contributed by atoms with Crippen molar-refractivity contribution in [1.29, 1.82) is 0 Å². The molecule has 84 valence electrons. The van der Waals surface area contributed by atoms with Crippen LogP contribution < -0.4 is 11.1 Å². The summed E-state index contributed by atoms with van der Waals surface area (Å²) in [6.07, 6.45) is 1.08. The van der Waals surface area contributed by atoms with E-state index in [-0.39, 0.29) is 6.04 Å². The Bertz CT molecular complexity index is 269. The van der Waals surface area contributed by atoms with Crippen molar-refractivity contribution in [3.05, 3.63) is 35.9 Å². The van der Waals surface area contributed by atoms with Crippen molar-refractivity contribution in [2.45, 2.75) is 45.3 Å². The van der Waals surface area contributed by atoms with Crippen LogP contribution in [0.1, 0.15) is 38.8 Å². The summed E-state index contributed by atoms with van der Waals surface area (Å²) < 4.78 is 0. The molecule has 3 unspecified atom stereocenters. The normalized spacial score (nSPS) is 17.1. The van der Waals surface area contributed by atoms with Crippen molar-refractivity contribution >= 4 is 0 Å². The van der Waals surface area contributed by atoms with Crippen LogP contribution in [0.5, 0.6) is 0 Å². The molecule has 0 saturated heterocycles. The highest BCUT2D eigenvalue weighted by Gasteiger charge is 2.14. The van der Waals surface area contributed by atoms with Crippen molar-refractivity contribution < 1.29 is 0 Å². The van der Waals surface area contributed by atoms with E-state index in [1.165, 1.54) is 5.56 Å². The fourth-order valence-electron chi connectivity index (χ4n) is 1.60. The van der Waals surface area contributed by atoms with Crippen LogP contribution in [0.3, 0.4) is 0 Å². The highest BCUT2D eigenvalue weighted by Crippen LogP contribution is 2.16. The second-order valence-electron chi connectivity index (χ2n) is 4.19. The maximum absolute atomic E-state index is 5.85. The van der Waals surface area contributed by atoms with Gasteiger partial charge in [-0.15, -0.1) is 0 Å². The van der Waals surface area contributed by atoms with Crippen LogP contribution in [-0.4, -0.2) is 12.1 Å². The fourth-order valence-corrected chi connectivity index (χ4v) is 1.60. The zero-order chi connectivity index (χ0) is 11.3. The fraction of sp³-hybridized carbons (Fsp3) is 0.538. The van der Waals surface area contributed by atoms with Gasteiger partial charge in [0.2, 0.25) is 0 Å². The number of benzene rings is 1. The van der Waals surface area contributed by atoms with Crippen molar-refractivity contribution in [2.75, 3.05) is 0 Å². The molecule has 0 aromatic heterocycles. The van der Waals surface area contributed by atoms with Gasteiger partial charge in [-0.2, -0.15) is 0 Å². The molecule has 2 heteroatoms. The topological polar surface area (TPSA) is 38.0 Å². The van der Waals surface area contributed by atoms with E-state index in [1.807, 2.05) is 13.0 Å². The highest BCUT2D eigenvalue weighted by atomic mass is 15.0. The third kappa shape index (κ3) is 3.65. The second kappa shape index (κ2) is 5.89. The molecule has 0 aliphatic heterocycles. The predicted octanol–water partition coefficient (Wildman–Crippen LogP) is 2.46. The Morgan fingerprint density at radius 3 is 2.27 bits per heavy atom. The first-order chi connectivity index (χ1) is 7.15. The van der Waals surface area contributed by atoms with E-state index in [1.54, 1.807) is 0 Å². The number of hydrogen-bond donors (Lipinski definition) is 2. The maximum atomic E-state index is 5.85. The Hall–Kier alpha value is -0.860. The Kier molecular flexibility index (Phi) is 4.79. The lowest BCUT2D eigenvalue weighted by Gasteiger charge is -2.25. The lowest BCUT2D eigenvalue weighted by atomic mass is 10.0. The minimum Gasteiger partial charge on any atom is -0.327 e. The Balaban J connectivity index is 2.65. The maximum Gasteiger partial charge on any atom is 0.0320 e. The molecule has 2 nitrogen and oxygen atoms in total. The van der Waals surface area contributed by atoms with Crippen molar-refractivity contribution in [1.82, 2.24) is 5.32 Å². The minimum absolute atomic E-state index is 0.183. The quantitative estimate of drug-likeness (QED) is 0.776. The minimum atomic E-state index is 0.183. The first-order valence-electron chi connectivity index (χ1n) is 5.71. The lowest BCUT2D eigenvalue weighted by molar-refractivity contribution is 0.406. The number of hydrogen-bond acceptors (Lipinski definition) is 2. The molecule has 1 aromatic carbocycles. The molecule has 1 rings (SSSR count). The van der Waals surface area contributed by atoms with Crippen LogP contribution in [0.2, 0.25) is 0 Å². The molecule has 3 N–H and O–H groups in total. The summed E-state index contributed by atoms with van der Waals surface area (Å²) in [6.45, 7) is 6.37. The van der Waals surface area contributed by atoms with E-state index in [0.29, 0.717) is 12.1 Å². The smallest absolute Gasteiger partial charge is 0.0320 e. The van der Waals surface area contributed by atoms with Crippen molar-refractivity contribution in [3.8, 4) is 0 Å². The first kappa shape index (κ1) is 12.2. The van der Waals surface area contributed by atoms with Crippen molar-refractivity contribution in [3.63, 3.8) is 0 Å². The second-order valence-corrected chi connectivity index (χ2v) is 4.19. The largest absolute Gasteiger partial charge is 0.327 e. The van der Waals surface area contributed by atoms with Gasteiger partial charge in [0.05, 0.1) is 0 Å². The molecular weight excluding hydrogens is 184 g/mol. The summed E-state index contributed by atoms with van der Waals surface area (Å²) in [5.41, 5.74) is 7.19. The summed E-state index contributed by atoms with van der Waals surface area (Å²) in [4.78, 5) is 0. The van der Waals surface area contributed by atoms with Crippen LogP contribution in [0, 0.1) is 0 Å². The first-order valence-corrected chi connectivity index (χ1v) is 5.71. The van der Waals surface area contributed by atoms with Gasteiger partial charge in [0.1, 0.15) is 0 Å². The molecule has 0 spiro atoms. The van der Waals surface area contributed by atoms with E-state index in [0.717, 1.165) is 6.42 Å². The third-order valence-corrected chi connectivity index (χ3v) is 2.86. The molecule has 3 atom stereocenters. The average Bonchev–Trinajstić information content (AvgIpc) is 2.26. The van der Waals surface area contributed by atoms with Crippen LogP contribution in [0.25, 0.3) is 0 Å². The molecular formula is C13H22N2. The van der Waals surface area contributed by atoms with Crippen LogP contribution in [-0.2, 0) is 0 Å². The molecule has 0 saturated carbocycles. The van der Waals surface area contributed by atoms with E-state index in [9.17, 15) is 0 Å². The number of nitrogens with one attached hydrogen (secondary N) is 1. The summed E-state index contributed by atoms with van der Waals surface area (Å²) in [7, 11) is 0. The molecule has 0 bridgehead atoms. The van der Waals surface area contributed by atoms with E-state index < -0.39 is 0 Å². The zero-order valence-corrected chi connectivity index (χ0v) is 9.90. The lowest BCUT2D eigenvalue weighted by Crippen LogP contribution is -2.42. The van der Waals surface area contributed by atoms with Gasteiger partial charge in [-0.25, -0.2) is 0 Å². The molecule has 0 amide bonds. The average molecular weight is 206 g/mol. The standard InChI is InChI=1S/C13H22N2/c1-4-13(15-11(3)10(2)14)12-8-6-5-7-9-12/h5-11,13,15H,4,14H2,1-3H3. The van der Waals surface area contributed by atoms with E-state index >= 15 is 0 Å². The monoisotopic (exact) mass is 206 g/mol. The Labute approximate surface area is 92.9 Å². The molecule has 0 aliphatic carbocycles. The van der Waals surface area contributed by atoms with Gasteiger partial charge in [0.15, 0.2) is 0 Å². The molecule has 0 aliphatic rings. The van der Waals surface area contributed by atoms with Gasteiger partial charge < -0.3 is 11.1 Å². The summed E-state index contributed by atoms with van der Waals surface area (Å²) >= 11 is 0. The number of rotatable bonds is 5. The predicted molar refractivity (Wildman–Crippen MR) is 65.7 cm³/mol. The van der Waals surface area contributed by atoms with Gasteiger partial charge >= 0.3 is 0 Å². The van der Waals surface area contributed by atoms with Gasteiger partial charge in [0, 0.05) is 18.1 Å². The van der Waals surface area contributed by atoms with E-state index in [4.69, 9.17) is 5.73 Å². The molecule has 0 fully saturated rings. The molecule has 0 heterocycles. The van der Waals surface area contributed by atoms with Gasteiger partial charge in [-0.3, -0.25) is 0 Å². The molecule has 15 heavy (non-hydrogen) atoms. The summed E-state index contributed by atoms with van der Waals surface area (Å²) in [6, 6.07) is 11.5. The van der Waals surface area contributed by atoms with E-state index in [2.05, 4.69) is 43.4 Å². The van der Waals surface area contributed by atoms with Crippen LogP contribution >= 0.6 is 0 Å². The van der Waals surface area contributed by atoms with Crippen molar-refractivity contribution in [2.24, 2.45) is 5.73 Å². The summed E-state index contributed by atoms with van der Waals surface area (Å²) in [5, 5.41) is 3.56. The highest BCUT2D eigenvalue weighted by molar-refractivity contribution is 5.18. The SMILES string of the molecule is CCC(NC(C)C(C)N)c1ccccc1. The van der Waals surface area contributed by atoms with Gasteiger partial charge in [-0.1, -0.05) is 37.3 Å². The van der Waals surface area contributed by atoms with Gasteiger partial charge in [0.25, 0.3) is 0 Å². The Morgan fingerprint density at radius 2 is 1.80 bits per heavy atom.